The van der Waals surface area contributed by atoms with E-state index in [9.17, 15) is 8.42 Å². The van der Waals surface area contributed by atoms with Crippen LogP contribution in [-0.2, 0) is 10.0 Å². The van der Waals surface area contributed by atoms with Crippen LogP contribution in [0, 0.1) is 0 Å². The van der Waals surface area contributed by atoms with E-state index in [4.69, 9.17) is 10.9 Å². The van der Waals surface area contributed by atoms with Gasteiger partial charge in [0.25, 0.3) is 0 Å². The summed E-state index contributed by atoms with van der Waals surface area (Å²) in [5, 5.41) is 4.80. The number of hydrogen-bond donors (Lipinski definition) is 2. The zero-order valence-corrected chi connectivity index (χ0v) is 7.44. The predicted octanol–water partition coefficient (Wildman–Crippen LogP) is -0.206. The molecule has 0 aromatic rings. The average molecular weight is 180 g/mol. The van der Waals surface area contributed by atoms with E-state index in [1.54, 1.807) is 0 Å². The minimum Gasteiger partial charge on any atom is -0.330 e. The van der Waals surface area contributed by atoms with Gasteiger partial charge in [-0.2, -0.15) is 0 Å². The van der Waals surface area contributed by atoms with E-state index in [2.05, 4.69) is 0 Å². The molecule has 0 radical (unpaired) electrons. The second kappa shape index (κ2) is 5.51. The molecule has 0 unspecified atom stereocenters. The van der Waals surface area contributed by atoms with Gasteiger partial charge >= 0.3 is 0 Å². The lowest BCUT2D eigenvalue weighted by atomic mass is 10.2. The van der Waals surface area contributed by atoms with Gasteiger partial charge < -0.3 is 5.73 Å². The Morgan fingerprint density at radius 1 is 1.00 bits per heavy atom. The van der Waals surface area contributed by atoms with E-state index < -0.39 is 10.0 Å². The van der Waals surface area contributed by atoms with Crippen LogP contribution < -0.4 is 10.9 Å². The van der Waals surface area contributed by atoms with E-state index in [1.807, 2.05) is 0 Å². The molecule has 0 aliphatic heterocycles. The summed E-state index contributed by atoms with van der Waals surface area (Å²) in [5.41, 5.74) is 5.25. The van der Waals surface area contributed by atoms with Crippen molar-refractivity contribution in [2.75, 3.05) is 12.3 Å². The van der Waals surface area contributed by atoms with Crippen LogP contribution in [0.25, 0.3) is 0 Å². The molecule has 0 rings (SSSR count). The fourth-order valence-corrected chi connectivity index (χ4v) is 1.41. The molecule has 0 atom stereocenters. The molecule has 4 N–H and O–H groups in total. The Morgan fingerprint density at radius 3 is 2.00 bits per heavy atom. The van der Waals surface area contributed by atoms with E-state index >= 15 is 0 Å². The molecule has 0 fully saturated rings. The molecule has 0 bridgehead atoms. The molecular weight excluding hydrogens is 164 g/mol. The highest BCUT2D eigenvalue weighted by molar-refractivity contribution is 7.89. The normalized spacial score (nSPS) is 11.8. The van der Waals surface area contributed by atoms with Crippen molar-refractivity contribution < 1.29 is 8.42 Å². The molecule has 0 aliphatic rings. The summed E-state index contributed by atoms with van der Waals surface area (Å²) >= 11 is 0. The maximum Gasteiger partial charge on any atom is 0.209 e. The number of unbranched alkanes of at least 4 members (excludes halogenated alkanes) is 3. The highest BCUT2D eigenvalue weighted by atomic mass is 32.2. The standard InChI is InChI=1S/C6H16N2O2S/c7-5-3-1-2-4-6-11(8,9)10/h1-7H2,(H2,8,9,10). The van der Waals surface area contributed by atoms with Crippen LogP contribution in [0.5, 0.6) is 0 Å². The van der Waals surface area contributed by atoms with E-state index in [0.29, 0.717) is 13.0 Å². The van der Waals surface area contributed by atoms with Gasteiger partial charge in [-0.05, 0) is 19.4 Å². The third-order valence-electron chi connectivity index (χ3n) is 1.38. The molecule has 0 spiro atoms. The summed E-state index contributed by atoms with van der Waals surface area (Å²) in [6.07, 6.45) is 3.50. The van der Waals surface area contributed by atoms with Gasteiger partial charge in [-0.25, -0.2) is 13.6 Å². The van der Waals surface area contributed by atoms with Gasteiger partial charge in [0.15, 0.2) is 0 Å². The van der Waals surface area contributed by atoms with Gasteiger partial charge in [-0.3, -0.25) is 0 Å². The molecule has 0 saturated carbocycles. The van der Waals surface area contributed by atoms with E-state index in [-0.39, 0.29) is 5.75 Å². The first kappa shape index (κ1) is 10.9. The maximum absolute atomic E-state index is 10.4. The fraction of sp³-hybridized carbons (Fsp3) is 1.00. The first-order chi connectivity index (χ1) is 5.06. The Labute approximate surface area is 68.0 Å². The van der Waals surface area contributed by atoms with Gasteiger partial charge in [0.05, 0.1) is 5.75 Å². The number of sulfonamides is 1. The van der Waals surface area contributed by atoms with Crippen LogP contribution in [0.2, 0.25) is 0 Å². The highest BCUT2D eigenvalue weighted by Gasteiger charge is 2.00. The summed E-state index contributed by atoms with van der Waals surface area (Å²) in [6.45, 7) is 0.676. The van der Waals surface area contributed by atoms with Crippen molar-refractivity contribution in [2.24, 2.45) is 10.9 Å². The monoisotopic (exact) mass is 180 g/mol. The Morgan fingerprint density at radius 2 is 1.55 bits per heavy atom. The zero-order valence-electron chi connectivity index (χ0n) is 6.62. The molecule has 4 nitrogen and oxygen atoms in total. The van der Waals surface area contributed by atoms with Gasteiger partial charge in [0, 0.05) is 0 Å². The van der Waals surface area contributed by atoms with Crippen LogP contribution in [-0.4, -0.2) is 20.7 Å². The second-order valence-corrected chi connectivity index (χ2v) is 4.30. The lowest BCUT2D eigenvalue weighted by molar-refractivity contribution is 0.589. The smallest absolute Gasteiger partial charge is 0.209 e. The van der Waals surface area contributed by atoms with E-state index in [0.717, 1.165) is 19.3 Å². The van der Waals surface area contributed by atoms with Gasteiger partial charge in [0.2, 0.25) is 10.0 Å². The lowest BCUT2D eigenvalue weighted by Gasteiger charge is -1.97. The SMILES string of the molecule is NCCCCCCS(N)(=O)=O. The van der Waals surface area contributed by atoms with E-state index in [1.165, 1.54) is 0 Å². The summed E-state index contributed by atoms with van der Waals surface area (Å²) in [6, 6.07) is 0. The Hall–Kier alpha value is -0.130. The third kappa shape index (κ3) is 9.87. The summed E-state index contributed by atoms with van der Waals surface area (Å²) in [7, 11) is -3.24. The van der Waals surface area contributed by atoms with Crippen molar-refractivity contribution in [1.82, 2.24) is 0 Å². The number of primary sulfonamides is 1. The van der Waals surface area contributed by atoms with Crippen LogP contribution in [0.3, 0.4) is 0 Å². The topological polar surface area (TPSA) is 86.2 Å². The molecule has 0 aromatic heterocycles. The molecule has 0 aliphatic carbocycles. The van der Waals surface area contributed by atoms with Crippen LogP contribution >= 0.6 is 0 Å². The predicted molar refractivity (Wildman–Crippen MR) is 45.5 cm³/mol. The third-order valence-corrected chi connectivity index (χ3v) is 2.24. The number of hydrogen-bond acceptors (Lipinski definition) is 3. The van der Waals surface area contributed by atoms with Crippen molar-refractivity contribution in [3.8, 4) is 0 Å². The highest BCUT2D eigenvalue weighted by Crippen LogP contribution is 1.99. The minimum absolute atomic E-state index is 0.0948. The Balaban J connectivity index is 3.16. The lowest BCUT2D eigenvalue weighted by Crippen LogP contribution is -2.16. The first-order valence-electron chi connectivity index (χ1n) is 3.77. The molecule has 0 heterocycles. The minimum atomic E-state index is -3.24. The molecule has 68 valence electrons. The average Bonchev–Trinajstić information content (AvgIpc) is 1.85. The molecule has 11 heavy (non-hydrogen) atoms. The quantitative estimate of drug-likeness (QED) is 0.555. The van der Waals surface area contributed by atoms with Gasteiger partial charge in [0.1, 0.15) is 0 Å². The summed E-state index contributed by atoms with van der Waals surface area (Å²) < 4.78 is 20.8. The molecule has 0 saturated heterocycles. The first-order valence-corrected chi connectivity index (χ1v) is 5.48. The second-order valence-electron chi connectivity index (χ2n) is 2.57. The zero-order chi connectivity index (χ0) is 8.74. The molecule has 5 heteroatoms. The van der Waals surface area contributed by atoms with Crippen molar-refractivity contribution >= 4 is 10.0 Å². The number of rotatable bonds is 6. The number of nitrogens with two attached hydrogens (primary N) is 2. The maximum atomic E-state index is 10.4. The summed E-state index contributed by atoms with van der Waals surface area (Å²) in [5.74, 6) is 0.0948. The van der Waals surface area contributed by atoms with Crippen LogP contribution in [0.15, 0.2) is 0 Å². The van der Waals surface area contributed by atoms with Crippen LogP contribution in [0.4, 0.5) is 0 Å². The van der Waals surface area contributed by atoms with Crippen molar-refractivity contribution in [3.63, 3.8) is 0 Å². The molecule has 0 aromatic carbocycles. The Bertz CT molecular complexity index is 177. The molecular formula is C6H16N2O2S. The summed E-state index contributed by atoms with van der Waals surface area (Å²) in [4.78, 5) is 0. The van der Waals surface area contributed by atoms with Gasteiger partial charge in [-0.1, -0.05) is 12.8 Å². The van der Waals surface area contributed by atoms with Crippen molar-refractivity contribution in [2.45, 2.75) is 25.7 Å². The van der Waals surface area contributed by atoms with Crippen molar-refractivity contribution in [3.05, 3.63) is 0 Å². The largest absolute Gasteiger partial charge is 0.330 e. The fourth-order valence-electron chi connectivity index (χ4n) is 0.801. The molecule has 0 amide bonds. The van der Waals surface area contributed by atoms with Crippen LogP contribution in [0.1, 0.15) is 25.7 Å². The van der Waals surface area contributed by atoms with Gasteiger partial charge in [-0.15, -0.1) is 0 Å². The Kier molecular flexibility index (Phi) is 5.45. The van der Waals surface area contributed by atoms with Crippen molar-refractivity contribution in [1.29, 1.82) is 0 Å².